The molecule has 0 spiro atoms. The van der Waals surface area contributed by atoms with E-state index in [-0.39, 0.29) is 0 Å². The molecule has 9 rings (SSSR count). The summed E-state index contributed by atoms with van der Waals surface area (Å²) in [6.07, 6.45) is 8.80. The van der Waals surface area contributed by atoms with E-state index >= 15 is 0 Å². The fourth-order valence-electron chi connectivity index (χ4n) is 6.71. The molecule has 0 aliphatic carbocycles. The highest BCUT2D eigenvalue weighted by molar-refractivity contribution is 6.24. The monoisotopic (exact) mass is 590 g/mol. The van der Waals surface area contributed by atoms with Gasteiger partial charge in [-0.15, -0.1) is 0 Å². The van der Waals surface area contributed by atoms with Crippen LogP contribution in [0, 0.1) is 0 Å². The van der Waals surface area contributed by atoms with Crippen molar-refractivity contribution in [1.29, 1.82) is 0 Å². The van der Waals surface area contributed by atoms with Crippen LogP contribution in [0.3, 0.4) is 0 Å². The van der Waals surface area contributed by atoms with Gasteiger partial charge < -0.3 is 0 Å². The Hall–Kier alpha value is -6.00. The molecular weight excluding hydrogens is 560 g/mol. The van der Waals surface area contributed by atoms with Crippen molar-refractivity contribution in [3.8, 4) is 33.6 Å². The number of fused-ring (bicyclic) bond motifs is 6. The molecule has 0 saturated carbocycles. The lowest BCUT2D eigenvalue weighted by Gasteiger charge is -2.18. The van der Waals surface area contributed by atoms with E-state index in [9.17, 15) is 0 Å². The van der Waals surface area contributed by atoms with Crippen LogP contribution in [0.15, 0.2) is 146 Å². The zero-order chi connectivity index (χ0) is 31.0. The van der Waals surface area contributed by atoms with Gasteiger partial charge in [-0.1, -0.05) is 117 Å². The van der Waals surface area contributed by atoms with E-state index in [1.807, 2.05) is 26.2 Å². The van der Waals surface area contributed by atoms with Gasteiger partial charge in [0, 0.05) is 41.5 Å². The van der Waals surface area contributed by atoms with Crippen molar-refractivity contribution in [2.24, 2.45) is 0 Å². The van der Waals surface area contributed by atoms with Crippen LogP contribution in [0.1, 0.15) is 13.8 Å². The van der Waals surface area contributed by atoms with Crippen molar-refractivity contribution in [2.45, 2.75) is 13.8 Å². The Bertz CT molecular complexity index is 2480. The van der Waals surface area contributed by atoms with Crippen LogP contribution in [0.5, 0.6) is 0 Å². The fourth-order valence-corrected chi connectivity index (χ4v) is 6.71. The molecule has 218 valence electrons. The van der Waals surface area contributed by atoms with Crippen LogP contribution in [0.2, 0.25) is 0 Å². The average Bonchev–Trinajstić information content (AvgIpc) is 3.14. The molecule has 0 atom stereocenters. The molecule has 0 unspecified atom stereocenters. The molecule has 0 saturated heterocycles. The molecule has 2 aromatic heterocycles. The molecule has 4 heteroatoms. The van der Waals surface area contributed by atoms with Gasteiger partial charge in [0.1, 0.15) is 6.33 Å². The minimum Gasteiger partial charge on any atom is -0.244 e. The topological polar surface area (TPSA) is 51.6 Å². The highest BCUT2D eigenvalue weighted by atomic mass is 14.9. The first-order valence-electron chi connectivity index (χ1n) is 15.7. The summed E-state index contributed by atoms with van der Waals surface area (Å²) in [4.78, 5) is 18.0. The molecule has 2 heterocycles. The van der Waals surface area contributed by atoms with Gasteiger partial charge in [-0.05, 0) is 77.1 Å². The zero-order valence-corrected chi connectivity index (χ0v) is 25.6. The predicted octanol–water partition coefficient (Wildman–Crippen LogP) is 11.1. The predicted molar refractivity (Wildman–Crippen MR) is 193 cm³/mol. The molecule has 0 aliphatic rings. The largest absolute Gasteiger partial charge is 0.244 e. The fraction of sp³-hybridized carbons (Fsp3) is 0.0476. The second-order valence-corrected chi connectivity index (χ2v) is 11.2. The maximum Gasteiger partial charge on any atom is 0.160 e. The van der Waals surface area contributed by atoms with E-state index in [1.165, 1.54) is 60.5 Å². The van der Waals surface area contributed by atoms with E-state index in [0.717, 1.165) is 27.5 Å². The Balaban J connectivity index is 0.00000153. The zero-order valence-electron chi connectivity index (χ0n) is 25.6. The van der Waals surface area contributed by atoms with Crippen LogP contribution >= 0.6 is 0 Å². The van der Waals surface area contributed by atoms with Crippen LogP contribution in [-0.2, 0) is 0 Å². The molecule has 0 N–H and O–H groups in total. The number of hydrogen-bond acceptors (Lipinski definition) is 4. The van der Waals surface area contributed by atoms with Gasteiger partial charge in [0.05, 0.1) is 0 Å². The molecule has 46 heavy (non-hydrogen) atoms. The summed E-state index contributed by atoms with van der Waals surface area (Å²) in [5.41, 5.74) is 5.25. The Kier molecular flexibility index (Phi) is 6.88. The Morgan fingerprint density at radius 3 is 1.59 bits per heavy atom. The molecule has 0 fully saturated rings. The Morgan fingerprint density at radius 2 is 0.935 bits per heavy atom. The number of aromatic nitrogens is 4. The molecule has 4 nitrogen and oxygen atoms in total. The van der Waals surface area contributed by atoms with E-state index in [0.29, 0.717) is 5.82 Å². The first kappa shape index (κ1) is 27.5. The van der Waals surface area contributed by atoms with E-state index < -0.39 is 0 Å². The Morgan fingerprint density at radius 1 is 0.391 bits per heavy atom. The minimum absolute atomic E-state index is 0.695. The summed E-state index contributed by atoms with van der Waals surface area (Å²) >= 11 is 0. The number of nitrogens with zero attached hydrogens (tertiary/aromatic N) is 4. The lowest BCUT2D eigenvalue weighted by Crippen LogP contribution is -1.95. The molecular formula is C42H30N4. The molecule has 0 bridgehead atoms. The summed E-state index contributed by atoms with van der Waals surface area (Å²) in [5.74, 6) is 0.695. The summed E-state index contributed by atoms with van der Waals surface area (Å²) in [7, 11) is 0. The number of rotatable bonds is 3. The second kappa shape index (κ2) is 11.5. The van der Waals surface area contributed by atoms with Gasteiger partial charge in [-0.25, -0.2) is 19.9 Å². The lowest BCUT2D eigenvalue weighted by atomic mass is 9.85. The third-order valence-corrected chi connectivity index (χ3v) is 8.71. The van der Waals surface area contributed by atoms with Crippen molar-refractivity contribution in [2.75, 3.05) is 0 Å². The normalized spacial score (nSPS) is 11.3. The van der Waals surface area contributed by atoms with E-state index in [1.54, 1.807) is 12.4 Å². The number of benzene rings is 7. The van der Waals surface area contributed by atoms with Crippen LogP contribution in [0.4, 0.5) is 0 Å². The summed E-state index contributed by atoms with van der Waals surface area (Å²) < 4.78 is 0. The molecule has 0 aliphatic heterocycles. The van der Waals surface area contributed by atoms with Crippen molar-refractivity contribution in [3.05, 3.63) is 146 Å². The SMILES string of the molecule is CC.c1ccc2cc3c(ccc4c(-c5c6ccccc6c(-c6ncc(-c7cncnc7)cn6)c6ccccc56)cccc43)cc2c1. The lowest BCUT2D eigenvalue weighted by molar-refractivity contribution is 1.15. The Labute approximate surface area is 267 Å². The van der Waals surface area contributed by atoms with Crippen LogP contribution < -0.4 is 0 Å². The quantitative estimate of drug-likeness (QED) is 0.152. The number of hydrogen-bond donors (Lipinski definition) is 0. The smallest absolute Gasteiger partial charge is 0.160 e. The maximum atomic E-state index is 4.87. The summed E-state index contributed by atoms with van der Waals surface area (Å²) in [5, 5.41) is 12.1. The summed E-state index contributed by atoms with van der Waals surface area (Å²) in [6, 6.07) is 41.7. The molecule has 0 amide bonds. The first-order valence-corrected chi connectivity index (χ1v) is 15.7. The molecule has 0 radical (unpaired) electrons. The van der Waals surface area contributed by atoms with Crippen molar-refractivity contribution >= 4 is 53.9 Å². The van der Waals surface area contributed by atoms with Crippen molar-refractivity contribution in [3.63, 3.8) is 0 Å². The van der Waals surface area contributed by atoms with Gasteiger partial charge in [0.2, 0.25) is 0 Å². The third-order valence-electron chi connectivity index (χ3n) is 8.71. The third kappa shape index (κ3) is 4.46. The van der Waals surface area contributed by atoms with Crippen LogP contribution in [-0.4, -0.2) is 19.9 Å². The minimum atomic E-state index is 0.695. The highest BCUT2D eigenvalue weighted by Gasteiger charge is 2.19. The molecule has 9 aromatic rings. The van der Waals surface area contributed by atoms with E-state index in [4.69, 9.17) is 9.97 Å². The first-order chi connectivity index (χ1) is 22.8. The van der Waals surface area contributed by atoms with Gasteiger partial charge in [0.15, 0.2) is 5.82 Å². The van der Waals surface area contributed by atoms with Gasteiger partial charge in [-0.2, -0.15) is 0 Å². The van der Waals surface area contributed by atoms with Gasteiger partial charge in [0.25, 0.3) is 0 Å². The van der Waals surface area contributed by atoms with Crippen LogP contribution in [0.25, 0.3) is 87.5 Å². The van der Waals surface area contributed by atoms with E-state index in [2.05, 4.69) is 125 Å². The van der Waals surface area contributed by atoms with Gasteiger partial charge in [-0.3, -0.25) is 0 Å². The average molecular weight is 591 g/mol. The standard InChI is InChI=1S/C40H24N4.C2H6/c1-2-9-26-19-37-27(18-25(26)8-1)16-17-31-30(37)14-7-15-32(31)38-33-10-3-5-12-35(33)39(36-13-6-4-11-34(36)38)40-43-22-29(23-44-40)28-20-41-24-42-21-28;1-2/h1-24H;1-2H3. The van der Waals surface area contributed by atoms with Crippen molar-refractivity contribution in [1.82, 2.24) is 19.9 Å². The molecule has 7 aromatic carbocycles. The highest BCUT2D eigenvalue weighted by Crippen LogP contribution is 2.45. The van der Waals surface area contributed by atoms with Crippen molar-refractivity contribution < 1.29 is 0 Å². The van der Waals surface area contributed by atoms with Gasteiger partial charge >= 0.3 is 0 Å². The maximum absolute atomic E-state index is 4.87. The summed E-state index contributed by atoms with van der Waals surface area (Å²) in [6.45, 7) is 4.00. The second-order valence-electron chi connectivity index (χ2n) is 11.2.